The molecule has 9 aromatic rings. The lowest BCUT2D eigenvalue weighted by Crippen LogP contribution is -2.60. The average Bonchev–Trinajstić information content (AvgIpc) is 3.68. The number of aromatic nitrogens is 1. The largest absolute Gasteiger partial charge is 0.454 e. The molecule has 2 aromatic heterocycles. The first-order valence-corrected chi connectivity index (χ1v) is 15.9. The number of hydrogen-bond donors (Lipinski definition) is 0. The standard InChI is InChI=1S/C42H25BN2O/c1-2-12-26(13-3-1)44-40-32(33-24-25-34-30-17-7-11-21-38(30)46-42(34)41(33)44)23-22-31-29-16-6-10-20-37(29)45-36-19-9-5-15-28(36)27-14-4-8-18-35(27)43(45)39(31)40/h1-25H. The molecule has 4 heterocycles. The van der Waals surface area contributed by atoms with E-state index in [1.54, 1.807) is 0 Å². The molecule has 0 bridgehead atoms. The van der Waals surface area contributed by atoms with Crippen molar-refractivity contribution in [2.75, 3.05) is 4.81 Å². The monoisotopic (exact) mass is 584 g/mol. The van der Waals surface area contributed by atoms with Crippen molar-refractivity contribution in [3.05, 3.63) is 152 Å². The highest BCUT2D eigenvalue weighted by molar-refractivity contribution is 6.94. The van der Waals surface area contributed by atoms with Crippen LogP contribution < -0.4 is 15.7 Å². The summed E-state index contributed by atoms with van der Waals surface area (Å²) < 4.78 is 9.21. The molecule has 0 amide bonds. The lowest BCUT2D eigenvalue weighted by molar-refractivity contribution is 0.671. The molecule has 0 fully saturated rings. The van der Waals surface area contributed by atoms with Gasteiger partial charge in [0, 0.05) is 49.7 Å². The van der Waals surface area contributed by atoms with E-state index in [-0.39, 0.29) is 6.85 Å². The van der Waals surface area contributed by atoms with Gasteiger partial charge in [-0.05, 0) is 58.5 Å². The number of hydrogen-bond acceptors (Lipinski definition) is 2. The number of furan rings is 1. The van der Waals surface area contributed by atoms with Crippen molar-refractivity contribution in [3.63, 3.8) is 0 Å². The Labute approximate surface area is 265 Å². The van der Waals surface area contributed by atoms with Crippen molar-refractivity contribution in [2.45, 2.75) is 0 Å². The summed E-state index contributed by atoms with van der Waals surface area (Å²) in [5, 5.41) is 4.71. The highest BCUT2D eigenvalue weighted by Crippen LogP contribution is 2.48. The summed E-state index contributed by atoms with van der Waals surface area (Å²) in [6.07, 6.45) is 0. The zero-order valence-electron chi connectivity index (χ0n) is 24.8. The Bertz CT molecular complexity index is 2720. The predicted molar refractivity (Wildman–Crippen MR) is 193 cm³/mol. The molecule has 4 heteroatoms. The van der Waals surface area contributed by atoms with Gasteiger partial charge in [-0.2, -0.15) is 0 Å². The van der Waals surface area contributed by atoms with Gasteiger partial charge in [0.1, 0.15) is 5.58 Å². The first-order chi connectivity index (χ1) is 22.9. The van der Waals surface area contributed by atoms with Crippen LogP contribution in [0.2, 0.25) is 0 Å². The zero-order valence-corrected chi connectivity index (χ0v) is 24.8. The summed E-state index contributed by atoms with van der Waals surface area (Å²) in [4.78, 5) is 2.58. The van der Waals surface area contributed by atoms with Gasteiger partial charge in [0.25, 0.3) is 0 Å². The predicted octanol–water partition coefficient (Wildman–Crippen LogP) is 9.59. The second-order valence-corrected chi connectivity index (χ2v) is 12.4. The highest BCUT2D eigenvalue weighted by atomic mass is 16.3. The van der Waals surface area contributed by atoms with Gasteiger partial charge in [-0.25, -0.2) is 0 Å². The Morgan fingerprint density at radius 3 is 1.87 bits per heavy atom. The maximum atomic E-state index is 6.74. The van der Waals surface area contributed by atoms with Crippen LogP contribution in [0, 0.1) is 0 Å². The first-order valence-electron chi connectivity index (χ1n) is 15.9. The Kier molecular flexibility index (Phi) is 4.66. The van der Waals surface area contributed by atoms with E-state index in [4.69, 9.17) is 4.42 Å². The van der Waals surface area contributed by atoms with Gasteiger partial charge >= 0.3 is 6.85 Å². The fourth-order valence-electron chi connectivity index (χ4n) is 8.37. The van der Waals surface area contributed by atoms with Crippen LogP contribution in [0.5, 0.6) is 0 Å². The maximum absolute atomic E-state index is 6.74. The molecule has 0 spiro atoms. The van der Waals surface area contributed by atoms with Crippen LogP contribution in [0.1, 0.15) is 0 Å². The van der Waals surface area contributed by atoms with Crippen LogP contribution in [0.4, 0.5) is 11.4 Å². The number of para-hydroxylation sites is 4. The van der Waals surface area contributed by atoms with Crippen LogP contribution in [-0.2, 0) is 0 Å². The zero-order chi connectivity index (χ0) is 29.9. The van der Waals surface area contributed by atoms with Gasteiger partial charge in [0.15, 0.2) is 5.58 Å². The summed E-state index contributed by atoms with van der Waals surface area (Å²) >= 11 is 0. The molecular formula is C42H25BN2O. The molecule has 0 saturated carbocycles. The summed E-state index contributed by atoms with van der Waals surface area (Å²) in [5.74, 6) is 0. The quantitative estimate of drug-likeness (QED) is 0.179. The van der Waals surface area contributed by atoms with Gasteiger partial charge < -0.3 is 13.8 Å². The molecule has 2 aliphatic heterocycles. The van der Waals surface area contributed by atoms with Gasteiger partial charge in [0.05, 0.1) is 11.0 Å². The normalized spacial score (nSPS) is 13.1. The van der Waals surface area contributed by atoms with Crippen molar-refractivity contribution in [3.8, 4) is 27.9 Å². The second kappa shape index (κ2) is 8.80. The van der Waals surface area contributed by atoms with Gasteiger partial charge in [0.2, 0.25) is 0 Å². The SMILES string of the molecule is c1ccc(-n2c3c4c(ccc3c3ccc5c6ccccc6oc5c32)-c2ccccc2N2B4c3ccccc3-c3ccccc32)cc1. The minimum Gasteiger partial charge on any atom is -0.454 e. The molecule has 0 radical (unpaired) electrons. The van der Waals surface area contributed by atoms with Gasteiger partial charge in [-0.15, -0.1) is 0 Å². The smallest absolute Gasteiger partial charge is 0.331 e. The molecule has 212 valence electrons. The molecule has 3 nitrogen and oxygen atoms in total. The van der Waals surface area contributed by atoms with Crippen molar-refractivity contribution in [1.29, 1.82) is 0 Å². The van der Waals surface area contributed by atoms with Gasteiger partial charge in [-0.3, -0.25) is 0 Å². The molecule has 0 unspecified atom stereocenters. The summed E-state index contributed by atoms with van der Waals surface area (Å²) in [6, 6.07) is 55.2. The van der Waals surface area contributed by atoms with Crippen LogP contribution in [-0.4, -0.2) is 11.4 Å². The molecule has 11 rings (SSSR count). The van der Waals surface area contributed by atoms with E-state index in [0.717, 1.165) is 33.1 Å². The highest BCUT2D eigenvalue weighted by Gasteiger charge is 2.44. The number of nitrogens with zero attached hydrogens (tertiary/aromatic N) is 2. The topological polar surface area (TPSA) is 21.3 Å². The van der Waals surface area contributed by atoms with Crippen molar-refractivity contribution >= 4 is 72.9 Å². The Hall–Kier alpha value is -6.00. The summed E-state index contributed by atoms with van der Waals surface area (Å²) in [5.41, 5.74) is 15.5. The van der Waals surface area contributed by atoms with Gasteiger partial charge in [-0.1, -0.05) is 115 Å². The second-order valence-electron chi connectivity index (χ2n) is 12.4. The molecule has 2 aliphatic rings. The van der Waals surface area contributed by atoms with E-state index in [9.17, 15) is 0 Å². The third kappa shape index (κ3) is 2.99. The first kappa shape index (κ1) is 24.3. The lowest BCUT2D eigenvalue weighted by atomic mass is 9.43. The fraction of sp³-hybridized carbons (Fsp3) is 0. The molecule has 7 aromatic carbocycles. The van der Waals surface area contributed by atoms with Crippen molar-refractivity contribution < 1.29 is 4.42 Å². The number of anilines is 2. The van der Waals surface area contributed by atoms with E-state index in [1.165, 1.54) is 60.8 Å². The van der Waals surface area contributed by atoms with Crippen LogP contribution in [0.3, 0.4) is 0 Å². The third-order valence-corrected chi connectivity index (χ3v) is 10.2. The van der Waals surface area contributed by atoms with Crippen molar-refractivity contribution in [2.24, 2.45) is 0 Å². The minimum atomic E-state index is -0.0161. The molecule has 0 N–H and O–H groups in total. The average molecular weight is 584 g/mol. The maximum Gasteiger partial charge on any atom is 0.331 e. The number of benzene rings is 7. The van der Waals surface area contributed by atoms with Crippen LogP contribution in [0.15, 0.2) is 156 Å². The van der Waals surface area contributed by atoms with E-state index < -0.39 is 0 Å². The minimum absolute atomic E-state index is 0.0161. The van der Waals surface area contributed by atoms with Crippen LogP contribution in [0.25, 0.3) is 71.7 Å². The molecular weight excluding hydrogens is 559 g/mol. The third-order valence-electron chi connectivity index (χ3n) is 10.2. The Morgan fingerprint density at radius 2 is 1.04 bits per heavy atom. The van der Waals surface area contributed by atoms with Crippen LogP contribution >= 0.6 is 0 Å². The van der Waals surface area contributed by atoms with Crippen molar-refractivity contribution in [1.82, 2.24) is 4.57 Å². The summed E-state index contributed by atoms with van der Waals surface area (Å²) in [7, 11) is 0. The number of rotatable bonds is 1. The molecule has 46 heavy (non-hydrogen) atoms. The Morgan fingerprint density at radius 1 is 0.435 bits per heavy atom. The Balaban J connectivity index is 1.38. The summed E-state index contributed by atoms with van der Waals surface area (Å²) in [6.45, 7) is -0.0161. The fourth-order valence-corrected chi connectivity index (χ4v) is 8.37. The molecule has 0 aliphatic carbocycles. The van der Waals surface area contributed by atoms with E-state index in [0.29, 0.717) is 0 Å². The molecule has 0 saturated heterocycles. The van der Waals surface area contributed by atoms with E-state index in [1.807, 2.05) is 0 Å². The van der Waals surface area contributed by atoms with E-state index in [2.05, 4.69) is 161 Å². The van der Waals surface area contributed by atoms with E-state index >= 15 is 0 Å². The molecule has 0 atom stereocenters. The lowest BCUT2D eigenvalue weighted by Gasteiger charge is -2.43. The number of fused-ring (bicyclic) bond motifs is 19.